The highest BCUT2D eigenvalue weighted by molar-refractivity contribution is 5.80. The molecule has 1 aliphatic heterocycles. The minimum absolute atomic E-state index is 0.498. The molecule has 0 N–H and O–H groups in total. The third-order valence-electron chi connectivity index (χ3n) is 1.43. The maximum atomic E-state index is 5.15. The normalized spacial score (nSPS) is 26.5. The molecule has 0 unspecified atom stereocenters. The van der Waals surface area contributed by atoms with Gasteiger partial charge in [-0.3, -0.25) is 4.99 Å². The summed E-state index contributed by atoms with van der Waals surface area (Å²) in [5, 5.41) is 0. The highest BCUT2D eigenvalue weighted by Crippen LogP contribution is 1.83. The molecule has 4 heteroatoms. The second-order valence-corrected chi connectivity index (χ2v) is 2.63. The monoisotopic (exact) mass is 215 g/mol. The molecule has 0 spiro atoms. The molecule has 0 fully saturated rings. The molecule has 16 heavy (non-hydrogen) atoms. The van der Waals surface area contributed by atoms with Gasteiger partial charge in [0.15, 0.2) is 0 Å². The Balaban J connectivity index is 2.57. The minimum Gasteiger partial charge on any atom is -0.497 e. The molecule has 0 aromatic carbocycles. The van der Waals surface area contributed by atoms with E-state index in [1.807, 2.05) is 12.2 Å². The van der Waals surface area contributed by atoms with Gasteiger partial charge in [0.25, 0.3) is 0 Å². The number of hydrogen-bond donors (Lipinski definition) is 0. The molecule has 4 nitrogen and oxygen atoms in total. The molecule has 1 heterocycles. The van der Waals surface area contributed by atoms with E-state index in [9.17, 15) is 0 Å². The van der Waals surface area contributed by atoms with E-state index in [1.165, 1.54) is 6.34 Å². The molecular formula is C12H13N3O. The van der Waals surface area contributed by atoms with E-state index in [0.717, 1.165) is 0 Å². The van der Waals surface area contributed by atoms with Crippen molar-refractivity contribution in [1.29, 1.82) is 0 Å². The molecule has 0 radical (unpaired) electrons. The van der Waals surface area contributed by atoms with E-state index in [0.29, 0.717) is 6.61 Å². The Kier molecular flexibility index (Phi) is 6.91. The summed E-state index contributed by atoms with van der Waals surface area (Å²) in [5.74, 6) is 0. The van der Waals surface area contributed by atoms with Crippen molar-refractivity contribution in [3.05, 3.63) is 49.0 Å². The van der Waals surface area contributed by atoms with Crippen molar-refractivity contribution in [2.45, 2.75) is 0 Å². The molecule has 0 bridgehead atoms. The molecule has 0 aromatic heterocycles. The van der Waals surface area contributed by atoms with Gasteiger partial charge in [-0.1, -0.05) is 6.08 Å². The van der Waals surface area contributed by atoms with Crippen LogP contribution in [0.25, 0.3) is 0 Å². The lowest BCUT2D eigenvalue weighted by Crippen LogP contribution is -1.79. The van der Waals surface area contributed by atoms with Crippen LogP contribution in [0.4, 0.5) is 0 Å². The molecule has 1 aliphatic rings. The van der Waals surface area contributed by atoms with E-state index in [2.05, 4.69) is 15.0 Å². The Morgan fingerprint density at radius 3 is 2.75 bits per heavy atom. The maximum absolute atomic E-state index is 5.15. The fourth-order valence-corrected chi connectivity index (χ4v) is 0.782. The predicted molar refractivity (Wildman–Crippen MR) is 68.0 cm³/mol. The van der Waals surface area contributed by atoms with Crippen molar-refractivity contribution in [1.82, 2.24) is 0 Å². The second kappa shape index (κ2) is 9.33. The largest absolute Gasteiger partial charge is 0.497 e. The number of nitrogens with zero attached hydrogens (tertiary/aromatic N) is 3. The van der Waals surface area contributed by atoms with Crippen molar-refractivity contribution < 1.29 is 4.74 Å². The lowest BCUT2D eigenvalue weighted by atomic mass is 10.5. The Morgan fingerprint density at radius 2 is 1.75 bits per heavy atom. The maximum Gasteiger partial charge on any atom is 0.115 e. The van der Waals surface area contributed by atoms with Crippen LogP contribution in [0, 0.1) is 0 Å². The van der Waals surface area contributed by atoms with Crippen molar-refractivity contribution in [2.75, 3.05) is 6.61 Å². The highest BCUT2D eigenvalue weighted by Gasteiger charge is 1.72. The summed E-state index contributed by atoms with van der Waals surface area (Å²) >= 11 is 0. The van der Waals surface area contributed by atoms with Crippen LogP contribution in [0.1, 0.15) is 0 Å². The Bertz CT molecular complexity index is 338. The molecular weight excluding hydrogens is 202 g/mol. The summed E-state index contributed by atoms with van der Waals surface area (Å²) in [4.78, 5) is 11.8. The van der Waals surface area contributed by atoms with Crippen LogP contribution in [0.2, 0.25) is 0 Å². The van der Waals surface area contributed by atoms with E-state index in [4.69, 9.17) is 4.74 Å². The zero-order valence-electron chi connectivity index (χ0n) is 8.81. The summed E-state index contributed by atoms with van der Waals surface area (Å²) in [6.45, 7) is 0.498. The molecule has 0 aromatic rings. The third kappa shape index (κ3) is 7.20. The van der Waals surface area contributed by atoms with Gasteiger partial charge < -0.3 is 4.74 Å². The van der Waals surface area contributed by atoms with Crippen LogP contribution < -0.4 is 0 Å². The topological polar surface area (TPSA) is 46.3 Å². The minimum atomic E-state index is 0.498. The van der Waals surface area contributed by atoms with E-state index < -0.39 is 0 Å². The summed E-state index contributed by atoms with van der Waals surface area (Å²) in [6.07, 6.45) is 18.6. The number of ether oxygens (including phenoxy) is 1. The second-order valence-electron chi connectivity index (χ2n) is 2.63. The van der Waals surface area contributed by atoms with Crippen molar-refractivity contribution in [2.24, 2.45) is 15.0 Å². The molecule has 1 rings (SSSR count). The highest BCUT2D eigenvalue weighted by atomic mass is 16.5. The third-order valence-corrected chi connectivity index (χ3v) is 1.43. The Morgan fingerprint density at radius 1 is 0.812 bits per heavy atom. The lowest BCUT2D eigenvalue weighted by Gasteiger charge is -1.90. The van der Waals surface area contributed by atoms with Gasteiger partial charge in [-0.2, -0.15) is 0 Å². The standard InChI is InChI=1S/C12H13N3O/c1-2-6-14-12-15-8-4-7-13-9-5-11-16-10-3-1/h1-10,12H,11H2/b2-1-,8-4-,9-5-,10-3-,13-7-,14-6?,15-12?. The zero-order valence-corrected chi connectivity index (χ0v) is 8.81. The molecule has 0 atom stereocenters. The van der Waals surface area contributed by atoms with Crippen LogP contribution in [0.5, 0.6) is 0 Å². The average molecular weight is 215 g/mol. The van der Waals surface area contributed by atoms with Crippen molar-refractivity contribution in [3.8, 4) is 0 Å². The van der Waals surface area contributed by atoms with Gasteiger partial charge in [0.05, 0.1) is 6.26 Å². The quantitative estimate of drug-likeness (QED) is 0.611. The van der Waals surface area contributed by atoms with Gasteiger partial charge in [-0.25, -0.2) is 9.98 Å². The smallest absolute Gasteiger partial charge is 0.115 e. The number of rotatable bonds is 0. The first-order valence-corrected chi connectivity index (χ1v) is 4.82. The van der Waals surface area contributed by atoms with Crippen LogP contribution in [-0.4, -0.2) is 25.4 Å². The van der Waals surface area contributed by atoms with E-state index >= 15 is 0 Å². The van der Waals surface area contributed by atoms with E-state index in [1.54, 1.807) is 49.3 Å². The van der Waals surface area contributed by atoms with Crippen molar-refractivity contribution in [3.63, 3.8) is 0 Å². The molecule has 0 saturated heterocycles. The molecule has 82 valence electrons. The summed E-state index contributed by atoms with van der Waals surface area (Å²) in [5.41, 5.74) is 0. The Labute approximate surface area is 94.8 Å². The van der Waals surface area contributed by atoms with Gasteiger partial charge in [-0.05, 0) is 24.3 Å². The van der Waals surface area contributed by atoms with Crippen molar-refractivity contribution >= 4 is 18.8 Å². The SMILES string of the molecule is C1=NC=N\C=C/C=N\C=C/CO/C=C\C=C/1. The first-order chi connectivity index (χ1) is 8.00. The van der Waals surface area contributed by atoms with Crippen LogP contribution in [0.3, 0.4) is 0 Å². The predicted octanol–water partition coefficient (Wildman–Crippen LogP) is 2.28. The van der Waals surface area contributed by atoms with Gasteiger partial charge in [0.1, 0.15) is 12.9 Å². The number of aliphatic imine (C=N–C) groups is 3. The average Bonchev–Trinajstić information content (AvgIpc) is 2.29. The summed E-state index contributed by atoms with van der Waals surface area (Å²) in [7, 11) is 0. The van der Waals surface area contributed by atoms with E-state index in [-0.39, 0.29) is 0 Å². The van der Waals surface area contributed by atoms with Gasteiger partial charge in [0.2, 0.25) is 0 Å². The molecule has 0 saturated carbocycles. The lowest BCUT2D eigenvalue weighted by molar-refractivity contribution is 0.289. The fraction of sp³-hybridized carbons (Fsp3) is 0.0833. The number of allylic oxidation sites excluding steroid dienone is 4. The van der Waals surface area contributed by atoms with Gasteiger partial charge in [-0.15, -0.1) is 0 Å². The van der Waals surface area contributed by atoms with Gasteiger partial charge in [0, 0.05) is 24.8 Å². The number of hydrogen-bond acceptors (Lipinski definition) is 4. The summed E-state index contributed by atoms with van der Waals surface area (Å²) in [6, 6.07) is 0. The van der Waals surface area contributed by atoms with Crippen LogP contribution in [-0.2, 0) is 4.74 Å². The van der Waals surface area contributed by atoms with Gasteiger partial charge >= 0.3 is 0 Å². The van der Waals surface area contributed by atoms with Crippen LogP contribution >= 0.6 is 0 Å². The molecule has 0 amide bonds. The fourth-order valence-electron chi connectivity index (χ4n) is 0.782. The first kappa shape index (κ1) is 11.8. The zero-order chi connectivity index (χ0) is 11.3. The summed E-state index contributed by atoms with van der Waals surface area (Å²) < 4.78 is 5.15. The first-order valence-electron chi connectivity index (χ1n) is 4.82. The Hall–Kier alpha value is -2.23. The molecule has 0 aliphatic carbocycles. The van der Waals surface area contributed by atoms with Crippen LogP contribution in [0.15, 0.2) is 64.0 Å².